The molecular formula is C27H27NO4S. The fourth-order valence-electron chi connectivity index (χ4n) is 3.79. The van der Waals surface area contributed by atoms with Gasteiger partial charge in [0.05, 0.1) is 25.5 Å². The zero-order valence-electron chi connectivity index (χ0n) is 18.9. The number of nitrogens with zero attached hydrogens (tertiary/aromatic N) is 1. The van der Waals surface area contributed by atoms with Crippen LogP contribution < -0.4 is 9.64 Å². The fourth-order valence-corrected chi connectivity index (χ4v) is 4.56. The van der Waals surface area contributed by atoms with Gasteiger partial charge >= 0.3 is 5.97 Å². The number of carbonyl (C=O) groups excluding carboxylic acids is 2. The fraction of sp³-hybridized carbons (Fsp3) is 0.259. The highest BCUT2D eigenvalue weighted by atomic mass is 32.2. The molecular weight excluding hydrogens is 434 g/mol. The Kier molecular flexibility index (Phi) is 7.35. The number of thioether (sulfide) groups is 1. The van der Waals surface area contributed by atoms with Gasteiger partial charge in [-0.05, 0) is 55.8 Å². The average Bonchev–Trinajstić information content (AvgIpc) is 3.16. The summed E-state index contributed by atoms with van der Waals surface area (Å²) >= 11 is 1.47. The van der Waals surface area contributed by atoms with E-state index in [2.05, 4.69) is 12.1 Å². The summed E-state index contributed by atoms with van der Waals surface area (Å²) in [6.45, 7) is 5.25. The van der Waals surface area contributed by atoms with E-state index in [0.717, 1.165) is 39.4 Å². The zero-order chi connectivity index (χ0) is 23.2. The van der Waals surface area contributed by atoms with Crippen molar-refractivity contribution < 1.29 is 19.1 Å². The van der Waals surface area contributed by atoms with E-state index in [1.807, 2.05) is 61.5 Å². The Morgan fingerprint density at radius 2 is 1.85 bits per heavy atom. The number of esters is 1. The summed E-state index contributed by atoms with van der Waals surface area (Å²) in [7, 11) is 0. The maximum Gasteiger partial charge on any atom is 0.316 e. The van der Waals surface area contributed by atoms with Crippen LogP contribution in [0.25, 0.3) is 0 Å². The Hall–Kier alpha value is -3.25. The number of benzene rings is 3. The molecule has 1 aliphatic heterocycles. The third-order valence-electron chi connectivity index (χ3n) is 5.48. The molecule has 0 aliphatic carbocycles. The molecule has 0 N–H and O–H groups in total. The Morgan fingerprint density at radius 3 is 2.64 bits per heavy atom. The van der Waals surface area contributed by atoms with E-state index in [1.165, 1.54) is 11.8 Å². The molecule has 3 aromatic carbocycles. The highest BCUT2D eigenvalue weighted by Gasteiger charge is 2.30. The van der Waals surface area contributed by atoms with Crippen LogP contribution in [0.15, 0.2) is 71.6 Å². The molecule has 0 fully saturated rings. The standard InChI is InChI=1S/C27H27NO4S/c1-3-31-26(29)18-33-22-7-4-6-20(16-22)14-15-32-25-9-5-8-23-24(25)17-28(27(23)30)21-12-10-19(2)11-13-21/h4-13,16H,3,14-15,17-18H2,1-2H3. The highest BCUT2D eigenvalue weighted by Crippen LogP contribution is 2.34. The molecule has 1 amide bonds. The van der Waals surface area contributed by atoms with E-state index in [4.69, 9.17) is 9.47 Å². The van der Waals surface area contributed by atoms with Crippen molar-refractivity contribution >= 4 is 29.3 Å². The van der Waals surface area contributed by atoms with Crippen LogP contribution in [0.1, 0.15) is 34.0 Å². The van der Waals surface area contributed by atoms with Crippen molar-refractivity contribution in [3.63, 3.8) is 0 Å². The first kappa shape index (κ1) is 22.9. The van der Waals surface area contributed by atoms with Gasteiger partial charge < -0.3 is 14.4 Å². The van der Waals surface area contributed by atoms with Crippen molar-refractivity contribution in [3.8, 4) is 5.75 Å². The van der Waals surface area contributed by atoms with Crippen LogP contribution in [0.3, 0.4) is 0 Å². The first-order chi connectivity index (χ1) is 16.0. The summed E-state index contributed by atoms with van der Waals surface area (Å²) in [5.41, 5.74) is 4.82. The van der Waals surface area contributed by atoms with Crippen LogP contribution in [-0.4, -0.2) is 30.8 Å². The molecule has 170 valence electrons. The Balaban J connectivity index is 1.37. The first-order valence-electron chi connectivity index (χ1n) is 11.1. The monoisotopic (exact) mass is 461 g/mol. The van der Waals surface area contributed by atoms with Crippen LogP contribution in [0.2, 0.25) is 0 Å². The van der Waals surface area contributed by atoms with Crippen LogP contribution in [0, 0.1) is 6.92 Å². The van der Waals surface area contributed by atoms with Gasteiger partial charge in [0, 0.05) is 28.1 Å². The van der Waals surface area contributed by atoms with Gasteiger partial charge in [0.2, 0.25) is 0 Å². The zero-order valence-corrected chi connectivity index (χ0v) is 19.7. The van der Waals surface area contributed by atoms with Crippen LogP contribution in [0.4, 0.5) is 5.69 Å². The Labute approximate surface area is 198 Å². The summed E-state index contributed by atoms with van der Waals surface area (Å²) in [5.74, 6) is 0.854. The number of fused-ring (bicyclic) bond motifs is 1. The van der Waals surface area contributed by atoms with Gasteiger partial charge in [0.25, 0.3) is 5.91 Å². The van der Waals surface area contributed by atoms with Crippen molar-refractivity contribution in [1.82, 2.24) is 0 Å². The third-order valence-corrected chi connectivity index (χ3v) is 6.45. The highest BCUT2D eigenvalue weighted by molar-refractivity contribution is 8.00. The number of rotatable bonds is 9. The van der Waals surface area contributed by atoms with Gasteiger partial charge in [0.1, 0.15) is 5.75 Å². The molecule has 0 saturated heterocycles. The predicted octanol–water partition coefficient (Wildman–Crippen LogP) is 5.43. The quantitative estimate of drug-likeness (QED) is 0.314. The van der Waals surface area contributed by atoms with Crippen molar-refractivity contribution in [1.29, 1.82) is 0 Å². The molecule has 0 unspecified atom stereocenters. The minimum Gasteiger partial charge on any atom is -0.493 e. The van der Waals surface area contributed by atoms with E-state index in [-0.39, 0.29) is 11.9 Å². The summed E-state index contributed by atoms with van der Waals surface area (Å²) < 4.78 is 11.1. The smallest absolute Gasteiger partial charge is 0.316 e. The topological polar surface area (TPSA) is 55.8 Å². The normalized spacial score (nSPS) is 12.5. The van der Waals surface area contributed by atoms with Crippen molar-refractivity contribution in [2.24, 2.45) is 0 Å². The molecule has 0 aromatic heterocycles. The lowest BCUT2D eigenvalue weighted by atomic mass is 10.1. The van der Waals surface area contributed by atoms with Crippen LogP contribution in [0.5, 0.6) is 5.75 Å². The van der Waals surface area contributed by atoms with Gasteiger partial charge in [0.15, 0.2) is 0 Å². The molecule has 0 spiro atoms. The molecule has 5 nitrogen and oxygen atoms in total. The van der Waals surface area contributed by atoms with Crippen LogP contribution >= 0.6 is 11.8 Å². The summed E-state index contributed by atoms with van der Waals surface area (Å²) in [4.78, 5) is 27.4. The number of carbonyl (C=O) groups is 2. The van der Waals surface area contributed by atoms with Gasteiger partial charge in [-0.3, -0.25) is 9.59 Å². The minimum atomic E-state index is -0.205. The second-order valence-electron chi connectivity index (χ2n) is 7.85. The van der Waals surface area contributed by atoms with Gasteiger partial charge in [-0.15, -0.1) is 11.8 Å². The van der Waals surface area contributed by atoms with Crippen molar-refractivity contribution in [3.05, 3.63) is 89.0 Å². The van der Waals surface area contributed by atoms with E-state index in [9.17, 15) is 9.59 Å². The number of amides is 1. The average molecular weight is 462 g/mol. The van der Waals surface area contributed by atoms with E-state index >= 15 is 0 Å². The van der Waals surface area contributed by atoms with E-state index < -0.39 is 0 Å². The Morgan fingerprint density at radius 1 is 1.06 bits per heavy atom. The maximum absolute atomic E-state index is 13.0. The summed E-state index contributed by atoms with van der Waals surface area (Å²) in [6.07, 6.45) is 0.729. The minimum absolute atomic E-state index is 0.00521. The molecule has 6 heteroatoms. The molecule has 0 bridgehead atoms. The number of aryl methyl sites for hydroxylation is 1. The van der Waals surface area contributed by atoms with Gasteiger partial charge in [-0.25, -0.2) is 0 Å². The lowest BCUT2D eigenvalue weighted by Crippen LogP contribution is -2.22. The SMILES string of the molecule is CCOC(=O)CSc1cccc(CCOc2cccc3c2CN(c2ccc(C)cc2)C3=O)c1. The van der Waals surface area contributed by atoms with Crippen molar-refractivity contribution in [2.45, 2.75) is 31.7 Å². The number of anilines is 1. The summed E-state index contributed by atoms with van der Waals surface area (Å²) in [6, 6.07) is 21.8. The van der Waals surface area contributed by atoms with E-state index in [0.29, 0.717) is 31.1 Å². The van der Waals surface area contributed by atoms with Gasteiger partial charge in [-0.1, -0.05) is 35.9 Å². The third kappa shape index (κ3) is 5.57. The molecule has 33 heavy (non-hydrogen) atoms. The van der Waals surface area contributed by atoms with Crippen LogP contribution in [-0.2, 0) is 22.5 Å². The van der Waals surface area contributed by atoms with Gasteiger partial charge in [-0.2, -0.15) is 0 Å². The second-order valence-corrected chi connectivity index (χ2v) is 8.90. The summed E-state index contributed by atoms with van der Waals surface area (Å²) in [5, 5.41) is 0. The number of hydrogen-bond donors (Lipinski definition) is 0. The lowest BCUT2D eigenvalue weighted by molar-refractivity contribution is -0.139. The molecule has 1 heterocycles. The largest absolute Gasteiger partial charge is 0.493 e. The molecule has 0 radical (unpaired) electrons. The van der Waals surface area contributed by atoms with E-state index in [1.54, 1.807) is 11.8 Å². The number of hydrogen-bond acceptors (Lipinski definition) is 5. The number of ether oxygens (including phenoxy) is 2. The maximum atomic E-state index is 13.0. The Bertz CT molecular complexity index is 1140. The molecule has 0 saturated carbocycles. The predicted molar refractivity (Wildman–Crippen MR) is 131 cm³/mol. The lowest BCUT2D eigenvalue weighted by Gasteiger charge is -2.16. The molecule has 0 atom stereocenters. The molecule has 1 aliphatic rings. The molecule has 4 rings (SSSR count). The molecule has 3 aromatic rings. The second kappa shape index (κ2) is 10.6. The first-order valence-corrected chi connectivity index (χ1v) is 12.0. The van der Waals surface area contributed by atoms with Crippen molar-refractivity contribution in [2.75, 3.05) is 23.9 Å².